The normalized spacial score (nSPS) is 16.3. The number of aliphatic carboxylic acids is 1. The molecule has 1 unspecified atom stereocenters. The summed E-state index contributed by atoms with van der Waals surface area (Å²) in [5.74, 6) is 0.333. The SMILES string of the molecule is COc1ccc(C(c2cc(F)ccc2OC)N2CCC(C(=O)O)CC2)c(OC)c1. The van der Waals surface area contributed by atoms with E-state index >= 15 is 0 Å². The number of benzene rings is 2. The standard InChI is InChI=1S/C22H26FNO5/c1-27-16-5-6-17(20(13-16)29-3)21(18-12-15(23)4-7-19(18)28-2)24-10-8-14(9-11-24)22(25)26/h4-7,12-14,21H,8-11H2,1-3H3,(H,25,26). The first-order valence-electron chi connectivity index (χ1n) is 9.50. The van der Waals surface area contributed by atoms with Crippen molar-refractivity contribution in [2.24, 2.45) is 5.92 Å². The third-order valence-electron chi connectivity index (χ3n) is 5.47. The molecule has 0 aliphatic carbocycles. The van der Waals surface area contributed by atoms with E-state index in [9.17, 15) is 14.3 Å². The molecule has 2 aromatic carbocycles. The van der Waals surface area contributed by atoms with Crippen LogP contribution < -0.4 is 14.2 Å². The Morgan fingerprint density at radius 2 is 1.69 bits per heavy atom. The summed E-state index contributed by atoms with van der Waals surface area (Å²) >= 11 is 0. The molecule has 2 aromatic rings. The number of hydrogen-bond acceptors (Lipinski definition) is 5. The predicted molar refractivity (Wildman–Crippen MR) is 106 cm³/mol. The zero-order valence-corrected chi connectivity index (χ0v) is 16.9. The molecule has 0 spiro atoms. The maximum atomic E-state index is 14.2. The van der Waals surface area contributed by atoms with Crippen molar-refractivity contribution in [3.63, 3.8) is 0 Å². The van der Waals surface area contributed by atoms with Crippen molar-refractivity contribution in [3.05, 3.63) is 53.3 Å². The van der Waals surface area contributed by atoms with Gasteiger partial charge in [0, 0.05) is 17.2 Å². The van der Waals surface area contributed by atoms with Gasteiger partial charge in [-0.1, -0.05) is 0 Å². The minimum Gasteiger partial charge on any atom is -0.497 e. The first-order chi connectivity index (χ1) is 14.0. The van der Waals surface area contributed by atoms with E-state index in [0.29, 0.717) is 48.7 Å². The third kappa shape index (κ3) is 4.45. The van der Waals surface area contributed by atoms with Gasteiger partial charge in [-0.3, -0.25) is 9.69 Å². The van der Waals surface area contributed by atoms with Gasteiger partial charge in [0.15, 0.2) is 0 Å². The number of halogens is 1. The van der Waals surface area contributed by atoms with Gasteiger partial charge in [-0.25, -0.2) is 4.39 Å². The van der Waals surface area contributed by atoms with Crippen LogP contribution in [0.2, 0.25) is 0 Å². The topological polar surface area (TPSA) is 68.2 Å². The van der Waals surface area contributed by atoms with Crippen LogP contribution in [0.15, 0.2) is 36.4 Å². The van der Waals surface area contributed by atoms with Crippen LogP contribution in [-0.4, -0.2) is 50.4 Å². The summed E-state index contributed by atoms with van der Waals surface area (Å²) in [5, 5.41) is 9.33. The van der Waals surface area contributed by atoms with Gasteiger partial charge in [-0.05, 0) is 56.3 Å². The molecule has 0 saturated carbocycles. The lowest BCUT2D eigenvalue weighted by Crippen LogP contribution is -2.39. The number of carboxylic acid groups (broad SMARTS) is 1. The monoisotopic (exact) mass is 403 g/mol. The summed E-state index contributed by atoms with van der Waals surface area (Å²) < 4.78 is 30.6. The van der Waals surface area contributed by atoms with E-state index in [-0.39, 0.29) is 17.8 Å². The number of methoxy groups -OCH3 is 3. The van der Waals surface area contributed by atoms with Gasteiger partial charge in [-0.15, -0.1) is 0 Å². The number of hydrogen-bond donors (Lipinski definition) is 1. The summed E-state index contributed by atoms with van der Waals surface area (Å²) in [6.45, 7) is 1.13. The molecule has 1 aliphatic rings. The lowest BCUT2D eigenvalue weighted by molar-refractivity contribution is -0.143. The Hall–Kier alpha value is -2.80. The molecule has 7 heteroatoms. The summed E-state index contributed by atoms with van der Waals surface area (Å²) in [4.78, 5) is 13.5. The average Bonchev–Trinajstić information content (AvgIpc) is 2.74. The van der Waals surface area contributed by atoms with E-state index < -0.39 is 5.97 Å². The third-order valence-corrected chi connectivity index (χ3v) is 5.47. The van der Waals surface area contributed by atoms with Gasteiger partial charge in [0.1, 0.15) is 23.1 Å². The Morgan fingerprint density at radius 1 is 1.00 bits per heavy atom. The van der Waals surface area contributed by atoms with Gasteiger partial charge < -0.3 is 19.3 Å². The lowest BCUT2D eigenvalue weighted by Gasteiger charge is -2.38. The van der Waals surface area contributed by atoms with E-state index in [1.54, 1.807) is 33.5 Å². The van der Waals surface area contributed by atoms with E-state index in [0.717, 1.165) is 5.56 Å². The summed E-state index contributed by atoms with van der Waals surface area (Å²) in [5.41, 5.74) is 1.51. The molecule has 0 bridgehead atoms. The fourth-order valence-corrected chi connectivity index (χ4v) is 3.93. The second-order valence-electron chi connectivity index (χ2n) is 7.05. The van der Waals surface area contributed by atoms with Crippen molar-refractivity contribution in [3.8, 4) is 17.2 Å². The number of likely N-dealkylation sites (tertiary alicyclic amines) is 1. The highest BCUT2D eigenvalue weighted by Gasteiger charge is 2.33. The van der Waals surface area contributed by atoms with Crippen LogP contribution in [-0.2, 0) is 4.79 Å². The molecule has 0 amide bonds. The molecule has 1 N–H and O–H groups in total. The Bertz CT molecular complexity index is 864. The molecule has 1 saturated heterocycles. The number of rotatable bonds is 7. The second kappa shape index (κ2) is 9.13. The van der Waals surface area contributed by atoms with Crippen molar-refractivity contribution in [2.45, 2.75) is 18.9 Å². The molecule has 1 aliphatic heterocycles. The van der Waals surface area contributed by atoms with Crippen LogP contribution in [0, 0.1) is 11.7 Å². The highest BCUT2D eigenvalue weighted by Crippen LogP contribution is 2.42. The van der Waals surface area contributed by atoms with Gasteiger partial charge >= 0.3 is 5.97 Å². The van der Waals surface area contributed by atoms with Crippen molar-refractivity contribution < 1.29 is 28.5 Å². The van der Waals surface area contributed by atoms with E-state index in [4.69, 9.17) is 14.2 Å². The first-order valence-corrected chi connectivity index (χ1v) is 9.50. The quantitative estimate of drug-likeness (QED) is 0.760. The molecule has 6 nitrogen and oxygen atoms in total. The summed E-state index contributed by atoms with van der Waals surface area (Å²) in [6, 6.07) is 9.61. The van der Waals surface area contributed by atoms with Gasteiger partial charge in [0.05, 0.1) is 33.3 Å². The number of carboxylic acids is 1. The number of carbonyl (C=O) groups is 1. The maximum Gasteiger partial charge on any atom is 0.306 e. The predicted octanol–water partition coefficient (Wildman–Crippen LogP) is 3.74. The highest BCUT2D eigenvalue weighted by atomic mass is 19.1. The van der Waals surface area contributed by atoms with Crippen molar-refractivity contribution in [1.29, 1.82) is 0 Å². The Morgan fingerprint density at radius 3 is 2.28 bits per heavy atom. The first kappa shape index (κ1) is 20.9. The van der Waals surface area contributed by atoms with Crippen LogP contribution in [0.4, 0.5) is 4.39 Å². The smallest absolute Gasteiger partial charge is 0.306 e. The van der Waals surface area contributed by atoms with Crippen molar-refractivity contribution in [2.75, 3.05) is 34.4 Å². The molecule has 3 rings (SSSR count). The van der Waals surface area contributed by atoms with E-state index in [1.807, 2.05) is 12.1 Å². The van der Waals surface area contributed by atoms with Gasteiger partial charge in [-0.2, -0.15) is 0 Å². The molecule has 0 aromatic heterocycles. The molecular formula is C22H26FNO5. The molecule has 0 radical (unpaired) electrons. The largest absolute Gasteiger partial charge is 0.497 e. The van der Waals surface area contributed by atoms with Gasteiger partial charge in [0.2, 0.25) is 0 Å². The molecule has 1 heterocycles. The zero-order valence-electron chi connectivity index (χ0n) is 16.9. The van der Waals surface area contributed by atoms with Crippen LogP contribution in [0.5, 0.6) is 17.2 Å². The zero-order chi connectivity index (χ0) is 21.0. The van der Waals surface area contributed by atoms with Crippen LogP contribution in [0.3, 0.4) is 0 Å². The maximum absolute atomic E-state index is 14.2. The molecule has 29 heavy (non-hydrogen) atoms. The van der Waals surface area contributed by atoms with E-state index in [1.165, 1.54) is 12.1 Å². The second-order valence-corrected chi connectivity index (χ2v) is 7.05. The van der Waals surface area contributed by atoms with E-state index in [2.05, 4.69) is 4.90 Å². The summed E-state index contributed by atoms with van der Waals surface area (Å²) in [7, 11) is 4.71. The fourth-order valence-electron chi connectivity index (χ4n) is 3.93. The average molecular weight is 403 g/mol. The molecule has 1 atom stereocenters. The lowest BCUT2D eigenvalue weighted by atomic mass is 9.90. The van der Waals surface area contributed by atoms with Crippen molar-refractivity contribution >= 4 is 5.97 Å². The number of nitrogens with zero attached hydrogens (tertiary/aromatic N) is 1. The minimum absolute atomic E-state index is 0.351. The van der Waals surface area contributed by atoms with Gasteiger partial charge in [0.25, 0.3) is 0 Å². The van der Waals surface area contributed by atoms with Crippen molar-refractivity contribution in [1.82, 2.24) is 4.90 Å². The highest BCUT2D eigenvalue weighted by molar-refractivity contribution is 5.70. The Kier molecular flexibility index (Phi) is 6.59. The number of piperidine rings is 1. The Balaban J connectivity index is 2.08. The molecule has 1 fully saturated rings. The molecule has 156 valence electrons. The van der Waals surface area contributed by atoms with Crippen LogP contribution in [0.25, 0.3) is 0 Å². The fraction of sp³-hybridized carbons (Fsp3) is 0.409. The summed E-state index contributed by atoms with van der Waals surface area (Å²) in [6.07, 6.45) is 1.06. The number of ether oxygens (including phenoxy) is 3. The van der Waals surface area contributed by atoms with Crippen LogP contribution in [0.1, 0.15) is 30.0 Å². The van der Waals surface area contributed by atoms with Crippen LogP contribution >= 0.6 is 0 Å². The molecular weight excluding hydrogens is 377 g/mol. The Labute approximate surface area is 169 Å². The minimum atomic E-state index is -0.772.